The maximum absolute atomic E-state index is 12.5. The lowest BCUT2D eigenvalue weighted by Crippen LogP contribution is -2.30. The second-order valence-corrected chi connectivity index (χ2v) is 6.51. The van der Waals surface area contributed by atoms with Crippen LogP contribution in [0, 0.1) is 6.92 Å². The highest BCUT2D eigenvalue weighted by Gasteiger charge is 2.22. The van der Waals surface area contributed by atoms with Gasteiger partial charge in [-0.1, -0.05) is 20.8 Å². The van der Waals surface area contributed by atoms with Crippen molar-refractivity contribution in [3.05, 3.63) is 52.0 Å². The summed E-state index contributed by atoms with van der Waals surface area (Å²) >= 11 is 0. The second-order valence-electron chi connectivity index (χ2n) is 6.51. The molecule has 2 N–H and O–H groups in total. The van der Waals surface area contributed by atoms with Crippen LogP contribution in [0.3, 0.4) is 0 Å². The van der Waals surface area contributed by atoms with Crippen molar-refractivity contribution in [1.82, 2.24) is 24.6 Å². The second kappa shape index (κ2) is 5.55. The number of nitrogens with zero attached hydrogens (tertiary/aromatic N) is 4. The van der Waals surface area contributed by atoms with Gasteiger partial charge in [0.05, 0.1) is 11.9 Å². The fourth-order valence-corrected chi connectivity index (χ4v) is 2.32. The molecule has 0 fully saturated rings. The summed E-state index contributed by atoms with van der Waals surface area (Å²) < 4.78 is 1.48. The number of nitrogens with one attached hydrogen (secondary N) is 2. The minimum absolute atomic E-state index is 0.0138. The largest absolute Gasteiger partial charge is 0.309 e. The number of carbonyl (C=O) groups excluding carboxylic acids is 1. The number of amides is 1. The first kappa shape index (κ1) is 15.9. The van der Waals surface area contributed by atoms with Crippen LogP contribution in [-0.2, 0) is 5.41 Å². The Morgan fingerprint density at radius 2 is 2.00 bits per heavy atom. The van der Waals surface area contributed by atoms with E-state index < -0.39 is 11.5 Å². The zero-order valence-electron chi connectivity index (χ0n) is 13.9. The van der Waals surface area contributed by atoms with Gasteiger partial charge < -0.3 is 10.3 Å². The molecule has 1 amide bonds. The summed E-state index contributed by atoms with van der Waals surface area (Å²) in [6.07, 6.45) is 3.14. The van der Waals surface area contributed by atoms with Gasteiger partial charge in [-0.3, -0.25) is 9.59 Å². The maximum atomic E-state index is 12.5. The Morgan fingerprint density at radius 1 is 1.25 bits per heavy atom. The Bertz CT molecular complexity index is 980. The monoisotopic (exact) mass is 326 g/mol. The van der Waals surface area contributed by atoms with E-state index in [2.05, 4.69) is 25.4 Å². The van der Waals surface area contributed by atoms with Gasteiger partial charge in [0.15, 0.2) is 5.65 Å². The fourth-order valence-electron chi connectivity index (χ4n) is 2.32. The first-order chi connectivity index (χ1) is 11.3. The molecule has 8 nitrogen and oxygen atoms in total. The summed E-state index contributed by atoms with van der Waals surface area (Å²) in [7, 11) is 0. The van der Waals surface area contributed by atoms with E-state index in [0.29, 0.717) is 23.0 Å². The standard InChI is InChI=1S/C16H18N6O2/c1-9-12(14(24)21-15(19-9)16(2,3)4)13(23)20-11-5-7-17-10-6-8-18-22(10)11/h5-8H,1-4H3,(H,20,23)(H,19,21,24). The third-order valence-electron chi connectivity index (χ3n) is 3.57. The van der Waals surface area contributed by atoms with Gasteiger partial charge in [-0.05, 0) is 13.0 Å². The van der Waals surface area contributed by atoms with Crippen molar-refractivity contribution in [1.29, 1.82) is 0 Å². The molecule has 0 radical (unpaired) electrons. The van der Waals surface area contributed by atoms with Crippen LogP contribution in [-0.4, -0.2) is 30.5 Å². The van der Waals surface area contributed by atoms with Gasteiger partial charge in [0.2, 0.25) is 0 Å². The predicted molar refractivity (Wildman–Crippen MR) is 89.2 cm³/mol. The summed E-state index contributed by atoms with van der Waals surface area (Å²) in [6, 6.07) is 3.33. The minimum atomic E-state index is -0.537. The van der Waals surface area contributed by atoms with Gasteiger partial charge in [-0.25, -0.2) is 9.97 Å². The van der Waals surface area contributed by atoms with Crippen molar-refractivity contribution in [2.75, 3.05) is 5.32 Å². The van der Waals surface area contributed by atoms with E-state index in [4.69, 9.17) is 0 Å². The zero-order valence-corrected chi connectivity index (χ0v) is 13.9. The molecule has 0 aliphatic carbocycles. The summed E-state index contributed by atoms with van der Waals surface area (Å²) in [5, 5.41) is 6.78. The van der Waals surface area contributed by atoms with Gasteiger partial charge in [0, 0.05) is 17.7 Å². The molecule has 0 aliphatic rings. The lowest BCUT2D eigenvalue weighted by Gasteiger charge is -2.18. The molecule has 0 atom stereocenters. The highest BCUT2D eigenvalue weighted by molar-refractivity contribution is 6.04. The molecule has 3 aromatic rings. The van der Waals surface area contributed by atoms with E-state index in [1.165, 1.54) is 4.52 Å². The van der Waals surface area contributed by atoms with E-state index in [9.17, 15) is 9.59 Å². The van der Waals surface area contributed by atoms with Crippen molar-refractivity contribution >= 4 is 17.4 Å². The molecule has 3 aromatic heterocycles. The molecule has 0 saturated heterocycles. The summed E-state index contributed by atoms with van der Waals surface area (Å²) in [4.78, 5) is 36.1. The number of hydrogen-bond donors (Lipinski definition) is 2. The molecule has 8 heteroatoms. The van der Waals surface area contributed by atoms with Crippen molar-refractivity contribution in [2.24, 2.45) is 0 Å². The van der Waals surface area contributed by atoms with Crippen LogP contribution in [0.2, 0.25) is 0 Å². The highest BCUT2D eigenvalue weighted by Crippen LogP contribution is 2.18. The predicted octanol–water partition coefficient (Wildman–Crippen LogP) is 1.67. The lowest BCUT2D eigenvalue weighted by molar-refractivity contribution is 0.102. The molecule has 0 unspecified atom stereocenters. The van der Waals surface area contributed by atoms with E-state index in [1.807, 2.05) is 20.8 Å². The molecular formula is C16H18N6O2. The molecule has 0 bridgehead atoms. The van der Waals surface area contributed by atoms with Crippen molar-refractivity contribution in [2.45, 2.75) is 33.1 Å². The molecule has 0 spiro atoms. The van der Waals surface area contributed by atoms with Crippen LogP contribution >= 0.6 is 0 Å². The van der Waals surface area contributed by atoms with Crippen molar-refractivity contribution in [3.8, 4) is 0 Å². The summed E-state index contributed by atoms with van der Waals surface area (Å²) in [5.41, 5.74) is 0.188. The zero-order chi connectivity index (χ0) is 17.5. The molecule has 3 heterocycles. The maximum Gasteiger partial charge on any atom is 0.264 e. The Kier molecular flexibility index (Phi) is 3.67. The molecule has 0 aliphatic heterocycles. The molecule has 24 heavy (non-hydrogen) atoms. The van der Waals surface area contributed by atoms with Crippen LogP contribution in [0.1, 0.15) is 42.6 Å². The number of rotatable bonds is 2. The van der Waals surface area contributed by atoms with Crippen LogP contribution in [0.5, 0.6) is 0 Å². The molecule has 124 valence electrons. The Hall–Kier alpha value is -3.03. The quantitative estimate of drug-likeness (QED) is 0.745. The lowest BCUT2D eigenvalue weighted by atomic mass is 9.95. The van der Waals surface area contributed by atoms with Crippen LogP contribution in [0.15, 0.2) is 29.3 Å². The first-order valence-corrected chi connectivity index (χ1v) is 7.49. The fraction of sp³-hybridized carbons (Fsp3) is 0.312. The normalized spacial score (nSPS) is 11.7. The highest BCUT2D eigenvalue weighted by atomic mass is 16.2. The average Bonchev–Trinajstić information content (AvgIpc) is 2.95. The number of H-pyrrole nitrogens is 1. The third-order valence-corrected chi connectivity index (χ3v) is 3.57. The number of fused-ring (bicyclic) bond motifs is 1. The number of anilines is 1. The average molecular weight is 326 g/mol. The Morgan fingerprint density at radius 3 is 2.67 bits per heavy atom. The van der Waals surface area contributed by atoms with Gasteiger partial charge in [0.25, 0.3) is 11.5 Å². The van der Waals surface area contributed by atoms with E-state index >= 15 is 0 Å². The Balaban J connectivity index is 1.99. The van der Waals surface area contributed by atoms with Crippen molar-refractivity contribution < 1.29 is 4.79 Å². The third kappa shape index (κ3) is 2.78. The topological polar surface area (TPSA) is 105 Å². The SMILES string of the molecule is Cc1nc(C(C)(C)C)[nH]c(=O)c1C(=O)Nc1ccnc2ccnn12. The van der Waals surface area contributed by atoms with Gasteiger partial charge >= 0.3 is 0 Å². The molecular weight excluding hydrogens is 308 g/mol. The van der Waals surface area contributed by atoms with Gasteiger partial charge in [-0.15, -0.1) is 0 Å². The van der Waals surface area contributed by atoms with Crippen molar-refractivity contribution in [3.63, 3.8) is 0 Å². The van der Waals surface area contributed by atoms with Gasteiger partial charge in [0.1, 0.15) is 17.2 Å². The molecule has 0 aromatic carbocycles. The van der Waals surface area contributed by atoms with Crippen LogP contribution in [0.4, 0.5) is 5.82 Å². The summed E-state index contributed by atoms with van der Waals surface area (Å²) in [5.74, 6) is 0.429. The van der Waals surface area contributed by atoms with Crippen LogP contribution in [0.25, 0.3) is 5.65 Å². The number of aryl methyl sites for hydroxylation is 1. The number of aromatic nitrogens is 5. The van der Waals surface area contributed by atoms with Crippen LogP contribution < -0.4 is 10.9 Å². The van der Waals surface area contributed by atoms with Gasteiger partial charge in [-0.2, -0.15) is 9.61 Å². The number of aromatic amines is 1. The first-order valence-electron chi connectivity index (χ1n) is 7.49. The van der Waals surface area contributed by atoms with E-state index in [0.717, 1.165) is 0 Å². The molecule has 3 rings (SSSR count). The summed E-state index contributed by atoms with van der Waals surface area (Å²) in [6.45, 7) is 7.47. The number of hydrogen-bond acceptors (Lipinski definition) is 5. The minimum Gasteiger partial charge on any atom is -0.309 e. The van der Waals surface area contributed by atoms with E-state index in [1.54, 1.807) is 31.5 Å². The number of carbonyl (C=O) groups is 1. The smallest absolute Gasteiger partial charge is 0.264 e. The Labute approximate surface area is 138 Å². The molecule has 0 saturated carbocycles. The van der Waals surface area contributed by atoms with E-state index in [-0.39, 0.29) is 11.0 Å².